The zero-order valence-electron chi connectivity index (χ0n) is 15.3. The van der Waals surface area contributed by atoms with E-state index in [0.717, 1.165) is 22.5 Å². The Morgan fingerprint density at radius 1 is 1.15 bits per heavy atom. The van der Waals surface area contributed by atoms with Crippen LogP contribution in [0, 0.1) is 6.92 Å². The topological polar surface area (TPSA) is 50.2 Å². The van der Waals surface area contributed by atoms with Gasteiger partial charge in [-0.2, -0.15) is 5.10 Å². The van der Waals surface area contributed by atoms with Crippen LogP contribution in [0.2, 0.25) is 5.15 Å². The maximum atomic E-state index is 12.2. The van der Waals surface area contributed by atoms with Gasteiger partial charge in [0.15, 0.2) is 0 Å². The van der Waals surface area contributed by atoms with Crippen LogP contribution in [-0.2, 0) is 11.3 Å². The minimum atomic E-state index is -0.243. The molecule has 3 aromatic rings. The number of hydrazine groups is 1. The molecule has 0 fully saturated rings. The quantitative estimate of drug-likeness (QED) is 0.518. The molecule has 0 aliphatic carbocycles. The summed E-state index contributed by atoms with van der Waals surface area (Å²) >= 11 is 6.47. The fraction of sp³-hybridized carbons (Fsp3) is 0.143. The minimum Gasteiger partial charge on any atom is -0.288 e. The summed E-state index contributed by atoms with van der Waals surface area (Å²) in [5, 5.41) is 6.66. The molecule has 1 heterocycles. The number of halogens is 1. The molecule has 0 spiro atoms. The lowest BCUT2D eigenvalue weighted by Crippen LogP contribution is -2.38. The average Bonchev–Trinajstić information content (AvgIpc) is 2.94. The first kappa shape index (κ1) is 18.7. The van der Waals surface area contributed by atoms with Crippen LogP contribution in [0.1, 0.15) is 16.8 Å². The molecule has 1 N–H and O–H groups in total. The van der Waals surface area contributed by atoms with Crippen LogP contribution in [0.4, 0.5) is 5.69 Å². The number of benzene rings is 2. The normalized spacial score (nSPS) is 10.9. The summed E-state index contributed by atoms with van der Waals surface area (Å²) in [6.45, 7) is 2.46. The summed E-state index contributed by atoms with van der Waals surface area (Å²) in [5.41, 5.74) is 6.31. The van der Waals surface area contributed by atoms with E-state index in [9.17, 15) is 4.79 Å². The second kappa shape index (κ2) is 8.56. The molecular formula is C21H21ClN4O. The first-order valence-corrected chi connectivity index (χ1v) is 8.96. The predicted molar refractivity (Wildman–Crippen MR) is 110 cm³/mol. The highest BCUT2D eigenvalue weighted by atomic mass is 35.5. The molecule has 0 saturated carbocycles. The molecule has 5 nitrogen and oxygen atoms in total. The lowest BCUT2D eigenvalue weighted by molar-refractivity contribution is -0.116. The molecule has 0 radical (unpaired) electrons. The van der Waals surface area contributed by atoms with Gasteiger partial charge in [0.2, 0.25) is 0 Å². The number of nitrogens with one attached hydrogen (secondary N) is 1. The monoisotopic (exact) mass is 380 g/mol. The van der Waals surface area contributed by atoms with Gasteiger partial charge >= 0.3 is 0 Å². The van der Waals surface area contributed by atoms with Crippen molar-refractivity contribution in [1.82, 2.24) is 15.2 Å². The van der Waals surface area contributed by atoms with E-state index in [-0.39, 0.29) is 5.91 Å². The van der Waals surface area contributed by atoms with E-state index in [2.05, 4.69) is 10.5 Å². The molecule has 6 heteroatoms. The van der Waals surface area contributed by atoms with E-state index >= 15 is 0 Å². The van der Waals surface area contributed by atoms with Crippen molar-refractivity contribution in [2.75, 3.05) is 12.1 Å². The smallest absolute Gasteiger partial charge is 0.262 e. The minimum absolute atomic E-state index is 0.243. The maximum Gasteiger partial charge on any atom is 0.262 e. The van der Waals surface area contributed by atoms with Crippen molar-refractivity contribution in [2.24, 2.45) is 0 Å². The molecule has 138 valence electrons. The van der Waals surface area contributed by atoms with E-state index in [4.69, 9.17) is 11.6 Å². The van der Waals surface area contributed by atoms with Crippen LogP contribution >= 0.6 is 11.6 Å². The van der Waals surface area contributed by atoms with Crippen LogP contribution in [0.15, 0.2) is 66.7 Å². The molecule has 0 aliphatic heterocycles. The van der Waals surface area contributed by atoms with Gasteiger partial charge in [-0.3, -0.25) is 15.2 Å². The average molecular weight is 381 g/mol. The Balaban J connectivity index is 1.69. The Kier molecular flexibility index (Phi) is 5.94. The SMILES string of the molecule is Cc1nn(Cc2ccccc2)c(Cl)c1/C=C/C(=O)NN(C)c1ccccc1. The molecule has 0 atom stereocenters. The predicted octanol–water partition coefficient (Wildman–Crippen LogP) is 4.07. The van der Waals surface area contributed by atoms with Crippen LogP contribution < -0.4 is 10.4 Å². The number of carbonyl (C=O) groups is 1. The van der Waals surface area contributed by atoms with Gasteiger partial charge < -0.3 is 0 Å². The molecule has 0 aliphatic rings. The number of carbonyl (C=O) groups excluding carboxylic acids is 1. The number of aryl methyl sites for hydroxylation is 1. The molecule has 1 amide bonds. The number of rotatable bonds is 6. The van der Waals surface area contributed by atoms with Gasteiger partial charge in [-0.15, -0.1) is 0 Å². The van der Waals surface area contributed by atoms with Crippen molar-refractivity contribution in [3.05, 3.63) is 88.7 Å². The van der Waals surface area contributed by atoms with E-state index in [0.29, 0.717) is 11.7 Å². The third-order valence-corrected chi connectivity index (χ3v) is 4.51. The van der Waals surface area contributed by atoms with Gasteiger partial charge in [-0.05, 0) is 30.7 Å². The van der Waals surface area contributed by atoms with Gasteiger partial charge in [-0.25, -0.2) is 4.68 Å². The van der Waals surface area contributed by atoms with Crippen LogP contribution in [0.5, 0.6) is 0 Å². The lowest BCUT2D eigenvalue weighted by atomic mass is 10.2. The molecule has 0 saturated heterocycles. The van der Waals surface area contributed by atoms with Crippen LogP contribution in [0.3, 0.4) is 0 Å². The van der Waals surface area contributed by atoms with Crippen molar-refractivity contribution in [2.45, 2.75) is 13.5 Å². The van der Waals surface area contributed by atoms with E-state index < -0.39 is 0 Å². The van der Waals surface area contributed by atoms with E-state index in [1.807, 2.05) is 67.6 Å². The molecule has 0 unspecified atom stereocenters. The van der Waals surface area contributed by atoms with Gasteiger partial charge in [0.1, 0.15) is 5.15 Å². The summed E-state index contributed by atoms with van der Waals surface area (Å²) in [6, 6.07) is 19.6. The van der Waals surface area contributed by atoms with E-state index in [1.165, 1.54) is 6.08 Å². The first-order valence-electron chi connectivity index (χ1n) is 8.59. The van der Waals surface area contributed by atoms with Crippen molar-refractivity contribution in [3.63, 3.8) is 0 Å². The largest absolute Gasteiger partial charge is 0.288 e. The summed E-state index contributed by atoms with van der Waals surface area (Å²) < 4.78 is 1.74. The molecule has 0 bridgehead atoms. The number of para-hydroxylation sites is 1. The van der Waals surface area contributed by atoms with Crippen molar-refractivity contribution in [3.8, 4) is 0 Å². The Morgan fingerprint density at radius 2 is 1.78 bits per heavy atom. The summed E-state index contributed by atoms with van der Waals surface area (Å²) in [7, 11) is 1.79. The molecule has 2 aromatic carbocycles. The fourth-order valence-electron chi connectivity index (χ4n) is 2.70. The van der Waals surface area contributed by atoms with Gasteiger partial charge in [0.25, 0.3) is 5.91 Å². The van der Waals surface area contributed by atoms with Crippen molar-refractivity contribution < 1.29 is 4.79 Å². The second-order valence-corrected chi connectivity index (χ2v) is 6.50. The summed E-state index contributed by atoms with van der Waals surface area (Å²) in [6.07, 6.45) is 3.16. The Labute approximate surface area is 163 Å². The first-order chi connectivity index (χ1) is 13.0. The summed E-state index contributed by atoms with van der Waals surface area (Å²) in [4.78, 5) is 12.2. The van der Waals surface area contributed by atoms with Crippen LogP contribution in [0.25, 0.3) is 6.08 Å². The standard InChI is InChI=1S/C21H21ClN4O/c1-16-19(21(22)26(23-16)15-17-9-5-3-6-10-17)13-14-20(27)24-25(2)18-11-7-4-8-12-18/h3-14H,15H2,1-2H3,(H,24,27)/b14-13+. The van der Waals surface area contributed by atoms with Gasteiger partial charge in [0, 0.05) is 18.7 Å². The number of anilines is 1. The number of hydrogen-bond acceptors (Lipinski definition) is 3. The zero-order chi connectivity index (χ0) is 19.2. The number of hydrogen-bond donors (Lipinski definition) is 1. The molecule has 3 rings (SSSR count). The number of aromatic nitrogens is 2. The number of amides is 1. The highest BCUT2D eigenvalue weighted by Crippen LogP contribution is 2.22. The number of nitrogens with zero attached hydrogens (tertiary/aromatic N) is 3. The van der Waals surface area contributed by atoms with Crippen molar-refractivity contribution in [1.29, 1.82) is 0 Å². The zero-order valence-corrected chi connectivity index (χ0v) is 16.0. The van der Waals surface area contributed by atoms with Gasteiger partial charge in [0.05, 0.1) is 17.9 Å². The second-order valence-electron chi connectivity index (χ2n) is 6.14. The Morgan fingerprint density at radius 3 is 2.44 bits per heavy atom. The Hall–Kier alpha value is -3.05. The fourth-order valence-corrected chi connectivity index (χ4v) is 2.99. The van der Waals surface area contributed by atoms with Crippen molar-refractivity contribution >= 4 is 29.3 Å². The maximum absolute atomic E-state index is 12.2. The van der Waals surface area contributed by atoms with E-state index in [1.54, 1.807) is 22.8 Å². The highest BCUT2D eigenvalue weighted by Gasteiger charge is 2.12. The Bertz CT molecular complexity index is 936. The molecular weight excluding hydrogens is 360 g/mol. The third-order valence-electron chi connectivity index (χ3n) is 4.11. The highest BCUT2D eigenvalue weighted by molar-refractivity contribution is 6.31. The molecule has 27 heavy (non-hydrogen) atoms. The lowest BCUT2D eigenvalue weighted by Gasteiger charge is -2.18. The molecule has 1 aromatic heterocycles. The van der Waals surface area contributed by atoms with Gasteiger partial charge in [-0.1, -0.05) is 60.1 Å². The van der Waals surface area contributed by atoms with Crippen LogP contribution in [-0.4, -0.2) is 22.7 Å². The summed E-state index contributed by atoms with van der Waals surface area (Å²) in [5.74, 6) is -0.243. The third kappa shape index (κ3) is 4.77.